The molecule has 3 N–H and O–H groups in total. The second-order valence-corrected chi connectivity index (χ2v) is 9.71. The first kappa shape index (κ1) is 25.3. The predicted molar refractivity (Wildman–Crippen MR) is 127 cm³/mol. The quantitative estimate of drug-likeness (QED) is 0.580. The molecule has 2 aliphatic rings. The SMILES string of the molecule is Cl.Nc1ncc(-c2ccccc2S(=O)(=O)N2CCCC2)nc1C(=O)NCCN1CCOCC1. The predicted octanol–water partition coefficient (Wildman–Crippen LogP) is 0.994. The van der Waals surface area contributed by atoms with Crippen LogP contribution in [0.2, 0.25) is 0 Å². The minimum absolute atomic E-state index is 0. The molecule has 2 aliphatic heterocycles. The first-order chi connectivity index (χ1) is 15.5. The number of nitrogens with two attached hydrogens (primary N) is 1. The molecule has 33 heavy (non-hydrogen) atoms. The highest BCUT2D eigenvalue weighted by atomic mass is 35.5. The number of halogens is 1. The van der Waals surface area contributed by atoms with Crippen LogP contribution in [-0.2, 0) is 14.8 Å². The average molecular weight is 497 g/mol. The van der Waals surface area contributed by atoms with E-state index in [4.69, 9.17) is 10.5 Å². The zero-order chi connectivity index (χ0) is 22.6. The Kier molecular flexibility index (Phi) is 8.60. The molecular weight excluding hydrogens is 468 g/mol. The lowest BCUT2D eigenvalue weighted by Crippen LogP contribution is -2.41. The van der Waals surface area contributed by atoms with E-state index in [0.29, 0.717) is 45.0 Å². The number of carbonyl (C=O) groups is 1. The van der Waals surface area contributed by atoms with Gasteiger partial charge in [0.1, 0.15) is 0 Å². The van der Waals surface area contributed by atoms with Crippen LogP contribution in [0.5, 0.6) is 0 Å². The highest BCUT2D eigenvalue weighted by molar-refractivity contribution is 7.89. The van der Waals surface area contributed by atoms with E-state index in [-0.39, 0.29) is 34.5 Å². The Morgan fingerprint density at radius 1 is 1.12 bits per heavy atom. The van der Waals surface area contributed by atoms with Crippen molar-refractivity contribution in [2.75, 3.05) is 58.2 Å². The number of morpholine rings is 1. The number of nitrogens with one attached hydrogen (secondary N) is 1. The molecule has 0 aliphatic carbocycles. The number of amides is 1. The number of aromatic nitrogens is 2. The van der Waals surface area contributed by atoms with E-state index in [1.165, 1.54) is 10.5 Å². The number of hydrogen-bond donors (Lipinski definition) is 2. The normalized spacial score (nSPS) is 17.5. The molecule has 12 heteroatoms. The van der Waals surface area contributed by atoms with E-state index in [2.05, 4.69) is 20.2 Å². The van der Waals surface area contributed by atoms with Gasteiger partial charge in [-0.3, -0.25) is 9.69 Å². The van der Waals surface area contributed by atoms with Gasteiger partial charge in [0.05, 0.1) is 30.0 Å². The van der Waals surface area contributed by atoms with Crippen molar-refractivity contribution in [1.29, 1.82) is 0 Å². The zero-order valence-corrected chi connectivity index (χ0v) is 19.9. The van der Waals surface area contributed by atoms with Crippen LogP contribution < -0.4 is 11.1 Å². The Bertz CT molecular complexity index is 1070. The van der Waals surface area contributed by atoms with E-state index in [1.807, 2.05) is 0 Å². The molecule has 2 fully saturated rings. The summed E-state index contributed by atoms with van der Waals surface area (Å²) >= 11 is 0. The fraction of sp³-hybridized carbons (Fsp3) is 0.476. The molecule has 1 aromatic heterocycles. The summed E-state index contributed by atoms with van der Waals surface area (Å²) < 4.78 is 33.1. The Morgan fingerprint density at radius 3 is 2.55 bits per heavy atom. The second-order valence-electron chi connectivity index (χ2n) is 7.81. The third-order valence-electron chi connectivity index (χ3n) is 5.68. The number of ether oxygens (including phenoxy) is 1. The fourth-order valence-corrected chi connectivity index (χ4v) is 5.62. The lowest BCUT2D eigenvalue weighted by Gasteiger charge is -2.26. The maximum atomic E-state index is 13.2. The summed E-state index contributed by atoms with van der Waals surface area (Å²) in [6.07, 6.45) is 3.09. The van der Waals surface area contributed by atoms with E-state index >= 15 is 0 Å². The lowest BCUT2D eigenvalue weighted by atomic mass is 10.1. The molecule has 1 amide bonds. The maximum Gasteiger partial charge on any atom is 0.273 e. The van der Waals surface area contributed by atoms with Gasteiger partial charge >= 0.3 is 0 Å². The summed E-state index contributed by atoms with van der Waals surface area (Å²) in [4.78, 5) is 23.6. The van der Waals surface area contributed by atoms with E-state index in [9.17, 15) is 13.2 Å². The number of hydrogen-bond acceptors (Lipinski definition) is 8. The number of carbonyl (C=O) groups excluding carboxylic acids is 1. The first-order valence-corrected chi connectivity index (χ1v) is 12.2. The third-order valence-corrected chi connectivity index (χ3v) is 7.64. The number of nitrogens with zero attached hydrogens (tertiary/aromatic N) is 4. The molecule has 2 saturated heterocycles. The minimum atomic E-state index is -3.67. The molecule has 0 bridgehead atoms. The third kappa shape index (κ3) is 5.79. The van der Waals surface area contributed by atoms with Gasteiger partial charge in [-0.15, -0.1) is 12.4 Å². The summed E-state index contributed by atoms with van der Waals surface area (Å²) in [6, 6.07) is 6.64. The molecule has 3 heterocycles. The van der Waals surface area contributed by atoms with Crippen molar-refractivity contribution < 1.29 is 17.9 Å². The molecule has 0 saturated carbocycles. The van der Waals surface area contributed by atoms with Crippen LogP contribution in [0.15, 0.2) is 35.4 Å². The van der Waals surface area contributed by atoms with Crippen molar-refractivity contribution in [3.8, 4) is 11.3 Å². The molecule has 10 nitrogen and oxygen atoms in total. The Hall–Kier alpha value is -2.31. The van der Waals surface area contributed by atoms with Gasteiger partial charge in [-0.05, 0) is 18.9 Å². The number of anilines is 1. The van der Waals surface area contributed by atoms with Crippen LogP contribution in [0.25, 0.3) is 11.3 Å². The van der Waals surface area contributed by atoms with Gasteiger partial charge < -0.3 is 15.8 Å². The monoisotopic (exact) mass is 496 g/mol. The van der Waals surface area contributed by atoms with Crippen molar-refractivity contribution in [1.82, 2.24) is 24.5 Å². The number of benzene rings is 1. The van der Waals surface area contributed by atoms with Crippen molar-refractivity contribution in [3.63, 3.8) is 0 Å². The van der Waals surface area contributed by atoms with Crippen LogP contribution in [-0.4, -0.2) is 86.0 Å². The van der Waals surface area contributed by atoms with Crippen LogP contribution in [0.3, 0.4) is 0 Å². The molecule has 0 atom stereocenters. The number of sulfonamides is 1. The molecule has 1 aromatic carbocycles. The second kappa shape index (κ2) is 11.2. The zero-order valence-electron chi connectivity index (χ0n) is 18.3. The van der Waals surface area contributed by atoms with Gasteiger partial charge in [0.2, 0.25) is 10.0 Å². The van der Waals surface area contributed by atoms with E-state index in [0.717, 1.165) is 25.9 Å². The van der Waals surface area contributed by atoms with Crippen molar-refractivity contribution in [3.05, 3.63) is 36.2 Å². The number of rotatable bonds is 7. The van der Waals surface area contributed by atoms with E-state index in [1.54, 1.807) is 24.3 Å². The van der Waals surface area contributed by atoms with Crippen molar-refractivity contribution in [2.24, 2.45) is 0 Å². The van der Waals surface area contributed by atoms with Crippen LogP contribution in [0.1, 0.15) is 23.3 Å². The smallest absolute Gasteiger partial charge is 0.273 e. The molecule has 2 aromatic rings. The van der Waals surface area contributed by atoms with Gasteiger partial charge in [-0.25, -0.2) is 18.4 Å². The Labute approximate surface area is 200 Å². The van der Waals surface area contributed by atoms with Crippen LogP contribution in [0, 0.1) is 0 Å². The summed E-state index contributed by atoms with van der Waals surface area (Å²) in [5, 5.41) is 2.82. The standard InChI is InChI=1S/C21H28N6O4S.ClH/c22-20-19(21(28)23-7-10-26-11-13-31-14-12-26)25-17(15-24-20)16-5-1-2-6-18(16)32(29,30)27-8-3-4-9-27;/h1-2,5-6,15H,3-4,7-14H2,(H2,22,24)(H,23,28);1H. The summed E-state index contributed by atoms with van der Waals surface area (Å²) in [6.45, 7) is 5.17. The molecular formula is C21H29ClN6O4S. The minimum Gasteiger partial charge on any atom is -0.382 e. The molecule has 0 unspecified atom stereocenters. The van der Waals surface area contributed by atoms with Gasteiger partial charge in [-0.2, -0.15) is 4.31 Å². The molecule has 4 rings (SSSR count). The average Bonchev–Trinajstić information content (AvgIpc) is 3.36. The number of nitrogen functional groups attached to an aromatic ring is 1. The maximum absolute atomic E-state index is 13.2. The lowest BCUT2D eigenvalue weighted by molar-refractivity contribution is 0.0383. The summed E-state index contributed by atoms with van der Waals surface area (Å²) in [5.41, 5.74) is 6.59. The Balaban J connectivity index is 0.00000306. The molecule has 0 radical (unpaired) electrons. The van der Waals surface area contributed by atoms with Gasteiger partial charge in [0.15, 0.2) is 11.5 Å². The topological polar surface area (TPSA) is 131 Å². The van der Waals surface area contributed by atoms with Crippen LogP contribution in [0.4, 0.5) is 5.82 Å². The van der Waals surface area contributed by atoms with Crippen LogP contribution >= 0.6 is 12.4 Å². The highest BCUT2D eigenvalue weighted by Gasteiger charge is 2.30. The molecule has 0 spiro atoms. The highest BCUT2D eigenvalue weighted by Crippen LogP contribution is 2.30. The van der Waals surface area contributed by atoms with Gasteiger partial charge in [0.25, 0.3) is 5.91 Å². The van der Waals surface area contributed by atoms with Gasteiger partial charge in [-0.1, -0.05) is 18.2 Å². The summed E-state index contributed by atoms with van der Waals surface area (Å²) in [5.74, 6) is -0.442. The van der Waals surface area contributed by atoms with Crippen molar-refractivity contribution >= 4 is 34.2 Å². The van der Waals surface area contributed by atoms with Gasteiger partial charge in [0, 0.05) is 44.8 Å². The molecule has 180 valence electrons. The summed E-state index contributed by atoms with van der Waals surface area (Å²) in [7, 11) is -3.67. The van der Waals surface area contributed by atoms with Crippen molar-refractivity contribution in [2.45, 2.75) is 17.7 Å². The first-order valence-electron chi connectivity index (χ1n) is 10.8. The van der Waals surface area contributed by atoms with E-state index < -0.39 is 15.9 Å². The Morgan fingerprint density at radius 2 is 1.82 bits per heavy atom. The largest absolute Gasteiger partial charge is 0.382 e. The fourth-order valence-electron chi connectivity index (χ4n) is 3.90.